The van der Waals surface area contributed by atoms with Crippen LogP contribution in [0.25, 0.3) is 0 Å². The monoisotopic (exact) mass is 370 g/mol. The Bertz CT molecular complexity index is 834. The predicted octanol–water partition coefficient (Wildman–Crippen LogP) is 2.72. The minimum atomic E-state index is -1.04. The number of benzene rings is 1. The first-order chi connectivity index (χ1) is 12.7. The summed E-state index contributed by atoms with van der Waals surface area (Å²) in [6, 6.07) is 9.82. The van der Waals surface area contributed by atoms with Crippen molar-refractivity contribution >= 4 is 17.7 Å². The van der Waals surface area contributed by atoms with Crippen molar-refractivity contribution in [3.05, 3.63) is 58.9 Å². The highest BCUT2D eigenvalue weighted by Gasteiger charge is 2.22. The van der Waals surface area contributed by atoms with Gasteiger partial charge in [-0.15, -0.1) is 0 Å². The summed E-state index contributed by atoms with van der Waals surface area (Å²) in [7, 11) is 1.73. The van der Waals surface area contributed by atoms with E-state index in [-0.39, 0.29) is 24.0 Å². The molecule has 0 aliphatic carbocycles. The normalized spacial score (nSPS) is 12.0. The van der Waals surface area contributed by atoms with Crippen LogP contribution in [0.15, 0.2) is 36.4 Å². The predicted molar refractivity (Wildman–Crippen MR) is 103 cm³/mol. The molecule has 0 fully saturated rings. The molecule has 0 radical (unpaired) electrons. The van der Waals surface area contributed by atoms with E-state index in [2.05, 4.69) is 5.32 Å². The fourth-order valence-corrected chi connectivity index (χ4v) is 2.91. The number of rotatable bonds is 8. The van der Waals surface area contributed by atoms with Gasteiger partial charge in [-0.3, -0.25) is 9.59 Å². The van der Waals surface area contributed by atoms with Gasteiger partial charge in [-0.1, -0.05) is 43.7 Å². The zero-order chi connectivity index (χ0) is 20.1. The standard InChI is InChI=1S/C21H26N2O4/c1-13(2)11-17(21(26)27)22-19(24)12-16-9-10-18(23(16)4)20(25)15-7-5-14(3)6-8-15/h5-10,13,17H,11-12H2,1-4H3,(H,22,24)(H,26,27)/t17-/m0/s1. The van der Waals surface area contributed by atoms with Gasteiger partial charge >= 0.3 is 5.97 Å². The zero-order valence-electron chi connectivity index (χ0n) is 16.2. The maximum absolute atomic E-state index is 12.7. The van der Waals surface area contributed by atoms with Gasteiger partial charge in [-0.2, -0.15) is 0 Å². The topological polar surface area (TPSA) is 88.4 Å². The van der Waals surface area contributed by atoms with Crippen molar-refractivity contribution in [2.45, 2.75) is 39.7 Å². The first kappa shape index (κ1) is 20.4. The molecule has 0 spiro atoms. The molecule has 6 nitrogen and oxygen atoms in total. The lowest BCUT2D eigenvalue weighted by Crippen LogP contribution is -2.42. The van der Waals surface area contributed by atoms with Gasteiger partial charge in [0.05, 0.1) is 12.1 Å². The van der Waals surface area contributed by atoms with Gasteiger partial charge in [-0.05, 0) is 31.4 Å². The van der Waals surface area contributed by atoms with Crippen molar-refractivity contribution in [1.82, 2.24) is 9.88 Å². The molecule has 0 saturated heterocycles. The third-order valence-corrected chi connectivity index (χ3v) is 4.45. The van der Waals surface area contributed by atoms with Crippen molar-refractivity contribution < 1.29 is 19.5 Å². The Morgan fingerprint density at radius 3 is 2.26 bits per heavy atom. The number of hydrogen-bond acceptors (Lipinski definition) is 3. The number of amides is 1. The fraction of sp³-hybridized carbons (Fsp3) is 0.381. The Labute approximate surface area is 159 Å². The summed E-state index contributed by atoms with van der Waals surface area (Å²) >= 11 is 0. The molecule has 1 heterocycles. The van der Waals surface area contributed by atoms with E-state index in [1.165, 1.54) is 0 Å². The molecule has 27 heavy (non-hydrogen) atoms. The first-order valence-electron chi connectivity index (χ1n) is 8.97. The second-order valence-electron chi connectivity index (χ2n) is 7.23. The van der Waals surface area contributed by atoms with Gasteiger partial charge in [-0.25, -0.2) is 4.79 Å². The Hall–Kier alpha value is -2.89. The van der Waals surface area contributed by atoms with Gasteiger partial charge in [0, 0.05) is 18.3 Å². The number of carbonyl (C=O) groups is 3. The van der Waals surface area contributed by atoms with Crippen molar-refractivity contribution in [3.63, 3.8) is 0 Å². The van der Waals surface area contributed by atoms with E-state index in [1.54, 1.807) is 35.9 Å². The van der Waals surface area contributed by atoms with Gasteiger partial charge in [0.15, 0.2) is 0 Å². The highest BCUT2D eigenvalue weighted by atomic mass is 16.4. The number of aliphatic carboxylic acids is 1. The minimum absolute atomic E-state index is 0.0134. The molecule has 0 unspecified atom stereocenters. The number of nitrogens with zero attached hydrogens (tertiary/aromatic N) is 1. The number of nitrogens with one attached hydrogen (secondary N) is 1. The Morgan fingerprint density at radius 1 is 1.07 bits per heavy atom. The van der Waals surface area contributed by atoms with Gasteiger partial charge in [0.2, 0.25) is 11.7 Å². The average Bonchev–Trinajstić information content (AvgIpc) is 2.94. The summed E-state index contributed by atoms with van der Waals surface area (Å²) in [5.74, 6) is -1.38. The van der Waals surface area contributed by atoms with E-state index < -0.39 is 12.0 Å². The molecule has 1 aromatic heterocycles. The van der Waals surface area contributed by atoms with Crippen LogP contribution in [0.5, 0.6) is 0 Å². The summed E-state index contributed by atoms with van der Waals surface area (Å²) in [5, 5.41) is 11.8. The fourth-order valence-electron chi connectivity index (χ4n) is 2.91. The second-order valence-corrected chi connectivity index (χ2v) is 7.23. The molecule has 6 heteroatoms. The molecule has 1 aromatic carbocycles. The highest BCUT2D eigenvalue weighted by molar-refractivity contribution is 6.08. The zero-order valence-corrected chi connectivity index (χ0v) is 16.2. The number of carbonyl (C=O) groups excluding carboxylic acids is 2. The average molecular weight is 370 g/mol. The van der Waals surface area contributed by atoms with Crippen LogP contribution in [-0.4, -0.2) is 33.4 Å². The molecule has 2 N–H and O–H groups in total. The first-order valence-corrected chi connectivity index (χ1v) is 8.97. The van der Waals surface area contributed by atoms with E-state index in [0.717, 1.165) is 5.56 Å². The third-order valence-electron chi connectivity index (χ3n) is 4.45. The molecule has 144 valence electrons. The third kappa shape index (κ3) is 5.29. The van der Waals surface area contributed by atoms with Crippen LogP contribution in [0.4, 0.5) is 0 Å². The molecular weight excluding hydrogens is 344 g/mol. The highest BCUT2D eigenvalue weighted by Crippen LogP contribution is 2.15. The van der Waals surface area contributed by atoms with Crippen LogP contribution >= 0.6 is 0 Å². The smallest absolute Gasteiger partial charge is 0.326 e. The largest absolute Gasteiger partial charge is 0.480 e. The number of carboxylic acids is 1. The van der Waals surface area contributed by atoms with Crippen molar-refractivity contribution in [2.75, 3.05) is 0 Å². The van der Waals surface area contributed by atoms with Gasteiger partial charge in [0.1, 0.15) is 6.04 Å². The minimum Gasteiger partial charge on any atom is -0.480 e. The number of carboxylic acid groups (broad SMARTS) is 1. The summed E-state index contributed by atoms with van der Waals surface area (Å²) in [6.45, 7) is 5.77. The van der Waals surface area contributed by atoms with Crippen LogP contribution in [0.1, 0.15) is 47.6 Å². The van der Waals surface area contributed by atoms with E-state index in [1.807, 2.05) is 32.9 Å². The number of aromatic nitrogens is 1. The second kappa shape index (κ2) is 8.66. The lowest BCUT2D eigenvalue weighted by atomic mass is 10.0. The van der Waals surface area contributed by atoms with Crippen LogP contribution < -0.4 is 5.32 Å². The summed E-state index contributed by atoms with van der Waals surface area (Å²) in [4.78, 5) is 36.2. The summed E-state index contributed by atoms with van der Waals surface area (Å²) in [5.41, 5.74) is 2.79. The van der Waals surface area contributed by atoms with Crippen LogP contribution in [0.2, 0.25) is 0 Å². The number of aryl methyl sites for hydroxylation is 1. The van der Waals surface area contributed by atoms with E-state index in [4.69, 9.17) is 0 Å². The molecule has 0 saturated carbocycles. The van der Waals surface area contributed by atoms with E-state index >= 15 is 0 Å². The Balaban J connectivity index is 2.10. The van der Waals surface area contributed by atoms with Crippen LogP contribution in [-0.2, 0) is 23.1 Å². The van der Waals surface area contributed by atoms with Crippen molar-refractivity contribution in [2.24, 2.45) is 13.0 Å². The van der Waals surface area contributed by atoms with Crippen molar-refractivity contribution in [3.8, 4) is 0 Å². The molecule has 2 aromatic rings. The van der Waals surface area contributed by atoms with Gasteiger partial charge in [0.25, 0.3) is 0 Å². The van der Waals surface area contributed by atoms with Crippen LogP contribution in [0, 0.1) is 12.8 Å². The molecule has 0 aliphatic heterocycles. The van der Waals surface area contributed by atoms with Crippen molar-refractivity contribution in [1.29, 1.82) is 0 Å². The van der Waals surface area contributed by atoms with Gasteiger partial charge < -0.3 is 15.0 Å². The molecule has 0 bridgehead atoms. The van der Waals surface area contributed by atoms with E-state index in [0.29, 0.717) is 23.4 Å². The lowest BCUT2D eigenvalue weighted by molar-refractivity contribution is -0.142. The molecular formula is C21H26N2O4. The Kier molecular flexibility index (Phi) is 6.55. The number of ketones is 1. The molecule has 0 aliphatic rings. The lowest BCUT2D eigenvalue weighted by Gasteiger charge is -2.16. The quantitative estimate of drug-likeness (QED) is 0.699. The summed E-state index contributed by atoms with van der Waals surface area (Å²) in [6.07, 6.45) is 0.380. The van der Waals surface area contributed by atoms with Crippen LogP contribution in [0.3, 0.4) is 0 Å². The SMILES string of the molecule is Cc1ccc(C(=O)c2ccc(CC(=O)N[C@@H](CC(C)C)C(=O)O)n2C)cc1. The van der Waals surface area contributed by atoms with E-state index in [9.17, 15) is 19.5 Å². The maximum Gasteiger partial charge on any atom is 0.326 e. The molecule has 1 atom stereocenters. The maximum atomic E-state index is 12.7. The Morgan fingerprint density at radius 2 is 1.70 bits per heavy atom. The number of hydrogen-bond donors (Lipinski definition) is 2. The summed E-state index contributed by atoms with van der Waals surface area (Å²) < 4.78 is 1.68. The molecule has 1 amide bonds. The molecule has 2 rings (SSSR count).